The first-order valence-corrected chi connectivity index (χ1v) is 10.7. The predicted octanol–water partition coefficient (Wildman–Crippen LogP) is 3.27. The van der Waals surface area contributed by atoms with Gasteiger partial charge >= 0.3 is 0 Å². The van der Waals surface area contributed by atoms with Gasteiger partial charge in [0.2, 0.25) is 0 Å². The van der Waals surface area contributed by atoms with Crippen molar-refractivity contribution in [3.05, 3.63) is 0 Å². The molecule has 0 N–H and O–H groups in total. The van der Waals surface area contributed by atoms with Gasteiger partial charge in [0.05, 0.1) is 6.61 Å². The second-order valence-electron chi connectivity index (χ2n) is 8.50. The molecule has 3 aliphatic heterocycles. The van der Waals surface area contributed by atoms with Gasteiger partial charge in [0.15, 0.2) is 17.9 Å². The Hall–Kier alpha value is -0.240. The number of ether oxygens (including phenoxy) is 6. The summed E-state index contributed by atoms with van der Waals surface area (Å²) in [6.45, 7) is 3.22. The SMILES string of the molecule is CCO[C@H]1[C@H]2OC3(CCCCC3)O[C@@H]2O[C@@H]1[C@@H]1COC2(CCCCC2)O1. The average Bonchev–Trinajstić information content (AvgIpc) is 3.30. The van der Waals surface area contributed by atoms with E-state index in [1.165, 1.54) is 25.7 Å². The molecule has 5 atom stereocenters. The molecule has 5 fully saturated rings. The van der Waals surface area contributed by atoms with E-state index < -0.39 is 11.6 Å². The van der Waals surface area contributed by atoms with Crippen LogP contribution in [0.1, 0.15) is 71.1 Å². The Morgan fingerprint density at radius 1 is 0.808 bits per heavy atom. The van der Waals surface area contributed by atoms with Crippen molar-refractivity contribution in [2.75, 3.05) is 13.2 Å². The summed E-state index contributed by atoms with van der Waals surface area (Å²) in [5, 5.41) is 0. The first-order chi connectivity index (χ1) is 12.7. The number of rotatable bonds is 3. The normalized spacial score (nSPS) is 44.0. The Morgan fingerprint density at radius 2 is 1.50 bits per heavy atom. The van der Waals surface area contributed by atoms with Crippen molar-refractivity contribution < 1.29 is 28.4 Å². The van der Waals surface area contributed by atoms with Gasteiger partial charge in [-0.05, 0) is 32.6 Å². The van der Waals surface area contributed by atoms with Crippen LogP contribution in [0.3, 0.4) is 0 Å². The van der Waals surface area contributed by atoms with E-state index >= 15 is 0 Å². The van der Waals surface area contributed by atoms with Crippen LogP contribution in [-0.4, -0.2) is 55.5 Å². The summed E-state index contributed by atoms with van der Waals surface area (Å²) < 4.78 is 37.7. The first-order valence-electron chi connectivity index (χ1n) is 10.7. The fourth-order valence-electron chi connectivity index (χ4n) is 5.46. The van der Waals surface area contributed by atoms with E-state index in [4.69, 9.17) is 28.4 Å². The molecule has 6 heteroatoms. The van der Waals surface area contributed by atoms with E-state index in [0.717, 1.165) is 38.5 Å². The van der Waals surface area contributed by atoms with Crippen LogP contribution >= 0.6 is 0 Å². The smallest absolute Gasteiger partial charge is 0.190 e. The van der Waals surface area contributed by atoms with Crippen molar-refractivity contribution in [2.45, 2.75) is 113 Å². The monoisotopic (exact) mass is 368 g/mol. The molecular formula is C20H32O6. The van der Waals surface area contributed by atoms with Gasteiger partial charge in [-0.1, -0.05) is 12.8 Å². The molecule has 0 amide bonds. The molecule has 26 heavy (non-hydrogen) atoms. The highest BCUT2D eigenvalue weighted by molar-refractivity contribution is 5.01. The molecule has 2 aliphatic carbocycles. The molecule has 2 saturated carbocycles. The summed E-state index contributed by atoms with van der Waals surface area (Å²) in [6, 6.07) is 0. The topological polar surface area (TPSA) is 55.4 Å². The first kappa shape index (κ1) is 17.8. The molecule has 2 spiro atoms. The standard InChI is InChI=1S/C20H32O6/c1-2-21-16-15(14-13-22-19(24-14)9-5-3-6-10-19)23-18-17(16)25-20(26-18)11-7-4-8-12-20/h14-18H,2-13H2,1H3/t14-,15+,16+,17+,18-/m0/s1. The van der Waals surface area contributed by atoms with Crippen molar-refractivity contribution in [3.63, 3.8) is 0 Å². The van der Waals surface area contributed by atoms with Gasteiger partial charge in [-0.25, -0.2) is 0 Å². The highest BCUT2D eigenvalue weighted by Crippen LogP contribution is 2.48. The summed E-state index contributed by atoms with van der Waals surface area (Å²) in [7, 11) is 0. The molecule has 5 rings (SSSR count). The fourth-order valence-corrected chi connectivity index (χ4v) is 5.46. The van der Waals surface area contributed by atoms with Crippen molar-refractivity contribution in [2.24, 2.45) is 0 Å². The lowest BCUT2D eigenvalue weighted by molar-refractivity contribution is -0.262. The molecule has 0 aromatic rings. The van der Waals surface area contributed by atoms with E-state index in [1.807, 2.05) is 6.92 Å². The number of hydrogen-bond donors (Lipinski definition) is 0. The summed E-state index contributed by atoms with van der Waals surface area (Å²) in [6.07, 6.45) is 10.1. The van der Waals surface area contributed by atoms with Gasteiger partial charge in [0, 0.05) is 32.3 Å². The summed E-state index contributed by atoms with van der Waals surface area (Å²) in [4.78, 5) is 0. The Kier molecular flexibility index (Phi) is 4.78. The van der Waals surface area contributed by atoms with Gasteiger partial charge in [-0.3, -0.25) is 0 Å². The van der Waals surface area contributed by atoms with Crippen LogP contribution in [0.2, 0.25) is 0 Å². The molecule has 148 valence electrons. The molecule has 3 heterocycles. The third kappa shape index (κ3) is 3.03. The van der Waals surface area contributed by atoms with E-state index in [2.05, 4.69) is 0 Å². The molecule has 0 aromatic heterocycles. The van der Waals surface area contributed by atoms with Crippen LogP contribution in [0.15, 0.2) is 0 Å². The van der Waals surface area contributed by atoms with Crippen molar-refractivity contribution in [1.29, 1.82) is 0 Å². The zero-order chi connectivity index (χ0) is 17.6. The minimum atomic E-state index is -0.453. The van der Waals surface area contributed by atoms with E-state index in [9.17, 15) is 0 Å². The van der Waals surface area contributed by atoms with Crippen LogP contribution in [0.25, 0.3) is 0 Å². The summed E-state index contributed by atoms with van der Waals surface area (Å²) >= 11 is 0. The Bertz CT molecular complexity index is 499. The highest BCUT2D eigenvalue weighted by atomic mass is 16.9. The lowest BCUT2D eigenvalue weighted by Crippen LogP contribution is -2.45. The molecular weight excluding hydrogens is 336 g/mol. The second-order valence-corrected chi connectivity index (χ2v) is 8.50. The van der Waals surface area contributed by atoms with Gasteiger partial charge in [0.1, 0.15) is 24.4 Å². The predicted molar refractivity (Wildman–Crippen MR) is 92.5 cm³/mol. The Morgan fingerprint density at radius 3 is 2.19 bits per heavy atom. The minimum absolute atomic E-state index is 0.107. The van der Waals surface area contributed by atoms with Gasteiger partial charge < -0.3 is 28.4 Å². The van der Waals surface area contributed by atoms with Crippen LogP contribution in [0.5, 0.6) is 0 Å². The van der Waals surface area contributed by atoms with Crippen LogP contribution in [-0.2, 0) is 28.4 Å². The average molecular weight is 368 g/mol. The summed E-state index contributed by atoms with van der Waals surface area (Å²) in [5.41, 5.74) is 0. The van der Waals surface area contributed by atoms with Crippen molar-refractivity contribution in [3.8, 4) is 0 Å². The largest absolute Gasteiger partial charge is 0.373 e. The van der Waals surface area contributed by atoms with Crippen LogP contribution in [0.4, 0.5) is 0 Å². The minimum Gasteiger partial charge on any atom is -0.373 e. The van der Waals surface area contributed by atoms with Crippen LogP contribution < -0.4 is 0 Å². The van der Waals surface area contributed by atoms with E-state index in [-0.39, 0.29) is 30.7 Å². The lowest BCUT2D eigenvalue weighted by Gasteiger charge is -2.35. The number of fused-ring (bicyclic) bond motifs is 1. The van der Waals surface area contributed by atoms with Gasteiger partial charge in [0.25, 0.3) is 0 Å². The van der Waals surface area contributed by atoms with Gasteiger partial charge in [-0.15, -0.1) is 0 Å². The zero-order valence-corrected chi connectivity index (χ0v) is 15.8. The number of hydrogen-bond acceptors (Lipinski definition) is 6. The maximum atomic E-state index is 6.44. The van der Waals surface area contributed by atoms with Gasteiger partial charge in [-0.2, -0.15) is 0 Å². The fraction of sp³-hybridized carbons (Fsp3) is 1.00. The van der Waals surface area contributed by atoms with E-state index in [1.54, 1.807) is 0 Å². The molecule has 0 bridgehead atoms. The Balaban J connectivity index is 1.29. The zero-order valence-electron chi connectivity index (χ0n) is 15.8. The Labute approximate surface area is 155 Å². The third-order valence-electron chi connectivity index (χ3n) is 6.72. The highest BCUT2D eigenvalue weighted by Gasteiger charge is 2.61. The lowest BCUT2D eigenvalue weighted by atomic mass is 9.94. The quantitative estimate of drug-likeness (QED) is 0.762. The molecule has 6 nitrogen and oxygen atoms in total. The summed E-state index contributed by atoms with van der Waals surface area (Å²) in [5.74, 6) is -0.849. The molecule has 0 radical (unpaired) electrons. The van der Waals surface area contributed by atoms with Crippen molar-refractivity contribution >= 4 is 0 Å². The molecule has 0 aromatic carbocycles. The molecule has 5 aliphatic rings. The van der Waals surface area contributed by atoms with Crippen molar-refractivity contribution in [1.82, 2.24) is 0 Å². The molecule has 0 unspecified atom stereocenters. The second kappa shape index (κ2) is 6.98. The molecule has 3 saturated heterocycles. The maximum Gasteiger partial charge on any atom is 0.190 e. The van der Waals surface area contributed by atoms with Crippen LogP contribution in [0, 0.1) is 0 Å². The maximum absolute atomic E-state index is 6.44. The van der Waals surface area contributed by atoms with E-state index in [0.29, 0.717) is 13.2 Å². The third-order valence-corrected chi connectivity index (χ3v) is 6.72.